The van der Waals surface area contributed by atoms with Crippen molar-refractivity contribution in [2.24, 2.45) is 0 Å². The predicted molar refractivity (Wildman–Crippen MR) is 85.7 cm³/mol. The van der Waals surface area contributed by atoms with E-state index in [9.17, 15) is 4.79 Å². The van der Waals surface area contributed by atoms with Crippen molar-refractivity contribution in [3.63, 3.8) is 0 Å². The molecule has 0 aliphatic heterocycles. The summed E-state index contributed by atoms with van der Waals surface area (Å²) in [6.07, 6.45) is 7.11. The highest BCUT2D eigenvalue weighted by molar-refractivity contribution is 6.19. The van der Waals surface area contributed by atoms with Crippen molar-refractivity contribution >= 4 is 28.4 Å². The van der Waals surface area contributed by atoms with E-state index in [1.165, 1.54) is 6.42 Å². The summed E-state index contributed by atoms with van der Waals surface area (Å²) in [6, 6.07) is 9.54. The number of carbonyl (C=O) groups excluding carboxylic acids is 1. The molecule has 3 rings (SSSR count). The summed E-state index contributed by atoms with van der Waals surface area (Å²) in [5.41, 5.74) is 1.12. The molecule has 1 fully saturated rings. The van der Waals surface area contributed by atoms with E-state index >= 15 is 0 Å². The van der Waals surface area contributed by atoms with Crippen molar-refractivity contribution in [2.75, 3.05) is 5.88 Å². The first-order chi connectivity index (χ1) is 10.2. The minimum absolute atomic E-state index is 0.0677. The summed E-state index contributed by atoms with van der Waals surface area (Å²) >= 11 is 6.16. The number of hydrogen-bond donors (Lipinski definition) is 1. The molecule has 0 unspecified atom stereocenters. The van der Waals surface area contributed by atoms with Gasteiger partial charge in [0.1, 0.15) is 0 Å². The molecule has 2 aromatic rings. The molecule has 21 heavy (non-hydrogen) atoms. The Kier molecular flexibility index (Phi) is 4.11. The van der Waals surface area contributed by atoms with Crippen LogP contribution in [0.1, 0.15) is 42.5 Å². The number of nitrogens with one attached hydrogen (secondary N) is 1. The van der Waals surface area contributed by atoms with Crippen LogP contribution < -0.4 is 5.32 Å². The van der Waals surface area contributed by atoms with Gasteiger partial charge in [0.25, 0.3) is 5.91 Å². The van der Waals surface area contributed by atoms with Crippen LogP contribution >= 0.6 is 11.6 Å². The lowest BCUT2D eigenvalue weighted by atomic mass is 9.83. The molecule has 1 aromatic heterocycles. The lowest BCUT2D eigenvalue weighted by Gasteiger charge is -2.36. The second kappa shape index (κ2) is 6.02. The molecule has 1 saturated carbocycles. The Bertz CT molecular complexity index is 645. The van der Waals surface area contributed by atoms with Gasteiger partial charge in [-0.1, -0.05) is 37.5 Å². The van der Waals surface area contributed by atoms with Crippen molar-refractivity contribution < 1.29 is 4.79 Å². The smallest absolute Gasteiger partial charge is 0.253 e. The highest BCUT2D eigenvalue weighted by Gasteiger charge is 2.33. The number of alkyl halides is 1. The molecule has 1 amide bonds. The number of benzene rings is 1. The van der Waals surface area contributed by atoms with Gasteiger partial charge < -0.3 is 5.32 Å². The molecule has 1 heterocycles. The fourth-order valence-corrected chi connectivity index (χ4v) is 3.45. The van der Waals surface area contributed by atoms with Crippen molar-refractivity contribution in [3.8, 4) is 0 Å². The maximum Gasteiger partial charge on any atom is 0.253 e. The fraction of sp³-hybridized carbons (Fsp3) is 0.412. The van der Waals surface area contributed by atoms with Crippen LogP contribution in [0.5, 0.6) is 0 Å². The summed E-state index contributed by atoms with van der Waals surface area (Å²) in [7, 11) is 0. The van der Waals surface area contributed by atoms with E-state index < -0.39 is 0 Å². The summed E-state index contributed by atoms with van der Waals surface area (Å²) in [6.45, 7) is 0. The van der Waals surface area contributed by atoms with Gasteiger partial charge in [0.2, 0.25) is 0 Å². The second-order valence-electron chi connectivity index (χ2n) is 5.81. The molecule has 1 N–H and O–H groups in total. The summed E-state index contributed by atoms with van der Waals surface area (Å²) in [5.74, 6) is 0.401. The summed E-state index contributed by atoms with van der Waals surface area (Å²) < 4.78 is 0. The maximum absolute atomic E-state index is 12.7. The SMILES string of the molecule is O=C(NC1(CCl)CCCCC1)c1cccc2cccnc12. The minimum atomic E-state index is -0.256. The van der Waals surface area contributed by atoms with Crippen LogP contribution in [0.25, 0.3) is 10.9 Å². The highest BCUT2D eigenvalue weighted by Crippen LogP contribution is 2.30. The lowest BCUT2D eigenvalue weighted by molar-refractivity contribution is 0.0886. The molecular weight excluding hydrogens is 284 g/mol. The number of fused-ring (bicyclic) bond motifs is 1. The van der Waals surface area contributed by atoms with E-state index in [0.29, 0.717) is 11.4 Å². The topological polar surface area (TPSA) is 42.0 Å². The molecule has 4 heteroatoms. The van der Waals surface area contributed by atoms with E-state index in [-0.39, 0.29) is 11.4 Å². The largest absolute Gasteiger partial charge is 0.345 e. The van der Waals surface area contributed by atoms with Crippen molar-refractivity contribution in [1.82, 2.24) is 10.3 Å². The van der Waals surface area contributed by atoms with Crippen LogP contribution in [0.2, 0.25) is 0 Å². The molecule has 0 radical (unpaired) electrons. The van der Waals surface area contributed by atoms with Crippen molar-refractivity contribution in [3.05, 3.63) is 42.1 Å². The van der Waals surface area contributed by atoms with E-state index in [1.807, 2.05) is 30.3 Å². The highest BCUT2D eigenvalue weighted by atomic mass is 35.5. The van der Waals surface area contributed by atoms with E-state index in [1.54, 1.807) is 6.20 Å². The van der Waals surface area contributed by atoms with Crippen molar-refractivity contribution in [1.29, 1.82) is 0 Å². The number of aromatic nitrogens is 1. The zero-order valence-corrected chi connectivity index (χ0v) is 12.7. The Labute approximate surface area is 129 Å². The van der Waals surface area contributed by atoms with Crippen LogP contribution in [-0.2, 0) is 0 Å². The monoisotopic (exact) mass is 302 g/mol. The molecule has 110 valence electrons. The number of carbonyl (C=O) groups is 1. The first kappa shape index (κ1) is 14.3. The van der Waals surface area contributed by atoms with Gasteiger partial charge in [-0.25, -0.2) is 0 Å². The molecule has 1 aliphatic carbocycles. The van der Waals surface area contributed by atoms with Gasteiger partial charge in [0.15, 0.2) is 0 Å². The number of pyridine rings is 1. The Morgan fingerprint density at radius 3 is 2.71 bits per heavy atom. The number of rotatable bonds is 3. The van der Waals surface area contributed by atoms with E-state index in [2.05, 4.69) is 10.3 Å². The molecule has 0 spiro atoms. The first-order valence-electron chi connectivity index (χ1n) is 7.46. The Balaban J connectivity index is 1.90. The van der Waals surface area contributed by atoms with E-state index in [0.717, 1.165) is 36.6 Å². The van der Waals surface area contributed by atoms with Crippen LogP contribution in [0.3, 0.4) is 0 Å². The van der Waals surface area contributed by atoms with Crippen molar-refractivity contribution in [2.45, 2.75) is 37.6 Å². The van der Waals surface area contributed by atoms with Crippen LogP contribution in [0.15, 0.2) is 36.5 Å². The molecule has 1 aliphatic rings. The molecule has 0 bridgehead atoms. The Morgan fingerprint density at radius 2 is 1.95 bits per heavy atom. The molecule has 0 atom stereocenters. The summed E-state index contributed by atoms with van der Waals surface area (Å²) in [5, 5.41) is 4.16. The Hall–Kier alpha value is -1.61. The van der Waals surface area contributed by atoms with Crippen LogP contribution in [0, 0.1) is 0 Å². The van der Waals surface area contributed by atoms with Crippen LogP contribution in [-0.4, -0.2) is 22.3 Å². The van der Waals surface area contributed by atoms with E-state index in [4.69, 9.17) is 11.6 Å². The van der Waals surface area contributed by atoms with Gasteiger partial charge in [0.05, 0.1) is 16.6 Å². The molecular formula is C17H19ClN2O. The maximum atomic E-state index is 12.7. The second-order valence-corrected chi connectivity index (χ2v) is 6.08. The van der Waals surface area contributed by atoms with Gasteiger partial charge >= 0.3 is 0 Å². The number of halogens is 1. The Morgan fingerprint density at radius 1 is 1.19 bits per heavy atom. The average Bonchev–Trinajstić information content (AvgIpc) is 2.55. The predicted octanol–water partition coefficient (Wildman–Crippen LogP) is 3.91. The number of amides is 1. The quantitative estimate of drug-likeness (QED) is 0.874. The van der Waals surface area contributed by atoms with Gasteiger partial charge in [-0.3, -0.25) is 9.78 Å². The fourth-order valence-electron chi connectivity index (χ4n) is 3.12. The lowest BCUT2D eigenvalue weighted by Crippen LogP contribution is -2.51. The van der Waals surface area contributed by atoms with Gasteiger partial charge in [-0.2, -0.15) is 0 Å². The number of hydrogen-bond acceptors (Lipinski definition) is 2. The third-order valence-corrected chi connectivity index (χ3v) is 4.83. The standard InChI is InChI=1S/C17H19ClN2O/c18-12-17(9-2-1-3-10-17)20-16(21)14-8-4-6-13-7-5-11-19-15(13)14/h4-8,11H,1-3,9-10,12H2,(H,20,21). The molecule has 1 aromatic carbocycles. The zero-order chi connectivity index (χ0) is 14.7. The third-order valence-electron chi connectivity index (χ3n) is 4.32. The minimum Gasteiger partial charge on any atom is -0.345 e. The summed E-state index contributed by atoms with van der Waals surface area (Å²) in [4.78, 5) is 17.0. The van der Waals surface area contributed by atoms with Gasteiger partial charge in [-0.15, -0.1) is 11.6 Å². The number of nitrogens with zero attached hydrogens (tertiary/aromatic N) is 1. The molecule has 0 saturated heterocycles. The number of para-hydroxylation sites is 1. The van der Waals surface area contributed by atoms with Crippen LogP contribution in [0.4, 0.5) is 0 Å². The first-order valence-corrected chi connectivity index (χ1v) is 8.00. The zero-order valence-electron chi connectivity index (χ0n) is 11.9. The van der Waals surface area contributed by atoms with Gasteiger partial charge in [-0.05, 0) is 25.0 Å². The average molecular weight is 303 g/mol. The van der Waals surface area contributed by atoms with Gasteiger partial charge in [0, 0.05) is 17.5 Å². The molecule has 3 nitrogen and oxygen atoms in total. The third kappa shape index (κ3) is 2.88. The normalized spacial score (nSPS) is 17.6.